The molecule has 1 N–H and O–H groups in total. The van der Waals surface area contributed by atoms with Crippen molar-refractivity contribution in [3.63, 3.8) is 0 Å². The lowest BCUT2D eigenvalue weighted by Crippen LogP contribution is -2.29. The van der Waals surface area contributed by atoms with Gasteiger partial charge < -0.3 is 14.9 Å². The van der Waals surface area contributed by atoms with Crippen LogP contribution in [0.5, 0.6) is 0 Å². The summed E-state index contributed by atoms with van der Waals surface area (Å²) in [6.45, 7) is 6.29. The van der Waals surface area contributed by atoms with Crippen molar-refractivity contribution >= 4 is 11.6 Å². The van der Waals surface area contributed by atoms with E-state index >= 15 is 0 Å². The highest BCUT2D eigenvalue weighted by Gasteiger charge is 2.10. The molecule has 0 radical (unpaired) electrons. The third-order valence-corrected chi connectivity index (χ3v) is 3.71. The molecule has 1 atom stereocenters. The summed E-state index contributed by atoms with van der Waals surface area (Å²) in [4.78, 5) is 4.59. The molecular weight excluding hydrogens is 272 g/mol. The minimum absolute atomic E-state index is 0.434. The minimum atomic E-state index is -0.434. The normalized spacial score (nSPS) is 13.2. The topological polar surface area (TPSA) is 26.7 Å². The van der Waals surface area contributed by atoms with E-state index in [-0.39, 0.29) is 0 Å². The van der Waals surface area contributed by atoms with Crippen molar-refractivity contribution in [3.05, 3.63) is 34.9 Å². The second kappa shape index (κ2) is 9.35. The molecule has 0 bridgehead atoms. The lowest BCUT2D eigenvalue weighted by atomic mass is 10.1. The Labute approximate surface area is 128 Å². The standard InChI is InChI=1S/C16H27ClN2O/c1-4-19(11-6-10-18(2)3)12-9-16(20)14-7-5-8-15(17)13-14/h5,7-8,13,16,20H,4,6,9-12H2,1-3H3. The van der Waals surface area contributed by atoms with Crippen molar-refractivity contribution in [2.24, 2.45) is 0 Å². The van der Waals surface area contributed by atoms with Crippen molar-refractivity contribution in [2.45, 2.75) is 25.9 Å². The molecule has 4 heteroatoms. The van der Waals surface area contributed by atoms with Crippen molar-refractivity contribution in [3.8, 4) is 0 Å². The van der Waals surface area contributed by atoms with E-state index in [9.17, 15) is 5.11 Å². The molecule has 0 aliphatic carbocycles. The van der Waals surface area contributed by atoms with E-state index < -0.39 is 6.10 Å². The molecule has 1 rings (SSSR count). The number of rotatable bonds is 9. The molecule has 3 nitrogen and oxygen atoms in total. The fourth-order valence-electron chi connectivity index (χ4n) is 2.22. The van der Waals surface area contributed by atoms with Crippen LogP contribution >= 0.6 is 11.6 Å². The first kappa shape index (κ1) is 17.4. The lowest BCUT2D eigenvalue weighted by molar-refractivity contribution is 0.142. The summed E-state index contributed by atoms with van der Waals surface area (Å²) in [6.07, 6.45) is 1.47. The summed E-state index contributed by atoms with van der Waals surface area (Å²) in [5.41, 5.74) is 0.904. The maximum absolute atomic E-state index is 10.2. The van der Waals surface area contributed by atoms with Gasteiger partial charge in [0.25, 0.3) is 0 Å². The third kappa shape index (κ3) is 6.71. The SMILES string of the molecule is CCN(CCCN(C)C)CCC(O)c1cccc(Cl)c1. The second-order valence-electron chi connectivity index (χ2n) is 5.45. The average Bonchev–Trinajstić information content (AvgIpc) is 2.41. The molecule has 0 aromatic heterocycles. The molecule has 0 heterocycles. The summed E-state index contributed by atoms with van der Waals surface area (Å²) in [5, 5.41) is 10.9. The van der Waals surface area contributed by atoms with Crippen LogP contribution in [-0.4, -0.2) is 55.2 Å². The van der Waals surface area contributed by atoms with Gasteiger partial charge in [0.1, 0.15) is 0 Å². The van der Waals surface area contributed by atoms with E-state index in [2.05, 4.69) is 30.8 Å². The molecule has 0 saturated carbocycles. The van der Waals surface area contributed by atoms with E-state index in [1.165, 1.54) is 0 Å². The van der Waals surface area contributed by atoms with Crippen LogP contribution in [0.2, 0.25) is 5.02 Å². The van der Waals surface area contributed by atoms with Crippen LogP contribution in [0, 0.1) is 0 Å². The van der Waals surface area contributed by atoms with E-state index in [0.717, 1.165) is 44.6 Å². The molecule has 0 fully saturated rings. The minimum Gasteiger partial charge on any atom is -0.388 e. The highest BCUT2D eigenvalue weighted by Crippen LogP contribution is 2.20. The van der Waals surface area contributed by atoms with Gasteiger partial charge in [-0.15, -0.1) is 0 Å². The summed E-state index contributed by atoms with van der Waals surface area (Å²) >= 11 is 5.95. The molecule has 1 aromatic rings. The van der Waals surface area contributed by atoms with Gasteiger partial charge in [-0.1, -0.05) is 30.7 Å². The zero-order valence-corrected chi connectivity index (χ0v) is 13.6. The van der Waals surface area contributed by atoms with Crippen LogP contribution in [0.3, 0.4) is 0 Å². The quantitative estimate of drug-likeness (QED) is 0.759. The number of benzene rings is 1. The number of nitrogens with zero attached hydrogens (tertiary/aromatic N) is 2. The summed E-state index contributed by atoms with van der Waals surface area (Å²) in [7, 11) is 4.19. The number of halogens is 1. The molecule has 0 amide bonds. The van der Waals surface area contributed by atoms with E-state index in [1.807, 2.05) is 24.3 Å². The van der Waals surface area contributed by atoms with Crippen molar-refractivity contribution in [2.75, 3.05) is 40.3 Å². The molecule has 0 aliphatic heterocycles. The Bertz CT molecular complexity index is 384. The average molecular weight is 299 g/mol. The Morgan fingerprint density at radius 2 is 1.95 bits per heavy atom. The van der Waals surface area contributed by atoms with E-state index in [0.29, 0.717) is 5.02 Å². The first-order valence-corrected chi connectivity index (χ1v) is 7.71. The van der Waals surface area contributed by atoms with Gasteiger partial charge in [-0.2, -0.15) is 0 Å². The fraction of sp³-hybridized carbons (Fsp3) is 0.625. The number of aliphatic hydroxyl groups excluding tert-OH is 1. The molecular formula is C16H27ClN2O. The van der Waals surface area contributed by atoms with Crippen molar-refractivity contribution in [1.29, 1.82) is 0 Å². The summed E-state index contributed by atoms with van der Waals surface area (Å²) in [6, 6.07) is 7.49. The third-order valence-electron chi connectivity index (χ3n) is 3.48. The number of hydrogen-bond donors (Lipinski definition) is 1. The molecule has 0 saturated heterocycles. The Hall–Kier alpha value is -0.610. The molecule has 114 valence electrons. The highest BCUT2D eigenvalue weighted by molar-refractivity contribution is 6.30. The van der Waals surface area contributed by atoms with Gasteiger partial charge in [-0.05, 0) is 64.3 Å². The van der Waals surface area contributed by atoms with Gasteiger partial charge in [-0.25, -0.2) is 0 Å². The fourth-order valence-corrected chi connectivity index (χ4v) is 2.42. The van der Waals surface area contributed by atoms with E-state index in [1.54, 1.807) is 0 Å². The summed E-state index contributed by atoms with van der Waals surface area (Å²) in [5.74, 6) is 0. The van der Waals surface area contributed by atoms with Gasteiger partial charge in [0.2, 0.25) is 0 Å². The van der Waals surface area contributed by atoms with Gasteiger partial charge in [-0.3, -0.25) is 0 Å². The molecule has 1 aromatic carbocycles. The molecule has 0 spiro atoms. The van der Waals surface area contributed by atoms with Crippen LogP contribution < -0.4 is 0 Å². The van der Waals surface area contributed by atoms with Crippen LogP contribution in [0.25, 0.3) is 0 Å². The molecule has 1 unspecified atom stereocenters. The second-order valence-corrected chi connectivity index (χ2v) is 5.89. The zero-order valence-electron chi connectivity index (χ0n) is 12.8. The number of hydrogen-bond acceptors (Lipinski definition) is 3. The van der Waals surface area contributed by atoms with Gasteiger partial charge >= 0.3 is 0 Å². The Morgan fingerprint density at radius 1 is 1.20 bits per heavy atom. The first-order chi connectivity index (χ1) is 9.52. The maximum Gasteiger partial charge on any atom is 0.0802 e. The monoisotopic (exact) mass is 298 g/mol. The zero-order chi connectivity index (χ0) is 15.0. The smallest absolute Gasteiger partial charge is 0.0802 e. The van der Waals surface area contributed by atoms with Crippen molar-refractivity contribution in [1.82, 2.24) is 9.80 Å². The van der Waals surface area contributed by atoms with Gasteiger partial charge in [0.05, 0.1) is 6.10 Å². The molecule has 0 aliphatic rings. The molecule has 20 heavy (non-hydrogen) atoms. The largest absolute Gasteiger partial charge is 0.388 e. The maximum atomic E-state index is 10.2. The van der Waals surface area contributed by atoms with E-state index in [4.69, 9.17) is 11.6 Å². The lowest BCUT2D eigenvalue weighted by Gasteiger charge is -2.23. The highest BCUT2D eigenvalue weighted by atomic mass is 35.5. The van der Waals surface area contributed by atoms with Crippen LogP contribution in [0.1, 0.15) is 31.4 Å². The Kier molecular flexibility index (Phi) is 8.15. The number of aliphatic hydroxyl groups is 1. The summed E-state index contributed by atoms with van der Waals surface area (Å²) < 4.78 is 0. The van der Waals surface area contributed by atoms with Crippen LogP contribution in [-0.2, 0) is 0 Å². The van der Waals surface area contributed by atoms with Crippen LogP contribution in [0.4, 0.5) is 0 Å². The predicted molar refractivity (Wildman–Crippen MR) is 86.3 cm³/mol. The Morgan fingerprint density at radius 3 is 2.55 bits per heavy atom. The van der Waals surface area contributed by atoms with Gasteiger partial charge in [0.15, 0.2) is 0 Å². The van der Waals surface area contributed by atoms with Crippen molar-refractivity contribution < 1.29 is 5.11 Å². The Balaban J connectivity index is 2.36. The predicted octanol–water partition coefficient (Wildman–Crippen LogP) is 3.04. The van der Waals surface area contributed by atoms with Crippen LogP contribution in [0.15, 0.2) is 24.3 Å². The van der Waals surface area contributed by atoms with Gasteiger partial charge in [0, 0.05) is 11.6 Å². The first-order valence-electron chi connectivity index (χ1n) is 7.33.